The number of ether oxygens (including phenoxy) is 1. The summed E-state index contributed by atoms with van der Waals surface area (Å²) in [4.78, 5) is 4.18. The Hall–Kier alpha value is -2.53. The SMILES string of the molecule is C#Cc1nccc(C=C2CCC(c3ccccc3)CC2)c1OC. The number of methoxy groups -OCH3 is 1. The minimum absolute atomic E-state index is 0.569. The largest absolute Gasteiger partial charge is 0.493 e. The summed E-state index contributed by atoms with van der Waals surface area (Å²) in [5.74, 6) is 3.96. The van der Waals surface area contributed by atoms with Gasteiger partial charge < -0.3 is 4.74 Å². The lowest BCUT2D eigenvalue weighted by Crippen LogP contribution is -2.06. The molecule has 0 amide bonds. The molecular weight excluding hydrogens is 282 g/mol. The molecule has 0 bridgehead atoms. The number of hydrogen-bond acceptors (Lipinski definition) is 2. The highest BCUT2D eigenvalue weighted by Gasteiger charge is 2.18. The zero-order valence-corrected chi connectivity index (χ0v) is 13.5. The maximum Gasteiger partial charge on any atom is 0.160 e. The standard InChI is InChI=1S/C21H21NO/c1-3-20-21(23-2)19(13-14-22-20)15-16-9-11-18(12-10-16)17-7-5-4-6-8-17/h1,4-8,13-15,18H,9-12H2,2H3. The first kappa shape index (κ1) is 15.4. The summed E-state index contributed by atoms with van der Waals surface area (Å²) in [6, 6.07) is 12.8. The molecule has 1 saturated carbocycles. The minimum Gasteiger partial charge on any atom is -0.493 e. The monoisotopic (exact) mass is 303 g/mol. The van der Waals surface area contributed by atoms with Crippen molar-refractivity contribution in [2.45, 2.75) is 31.6 Å². The molecule has 1 aromatic carbocycles. The molecule has 23 heavy (non-hydrogen) atoms. The van der Waals surface area contributed by atoms with Crippen LogP contribution in [0.3, 0.4) is 0 Å². The predicted molar refractivity (Wildman–Crippen MR) is 94.4 cm³/mol. The molecule has 1 heterocycles. The highest BCUT2D eigenvalue weighted by atomic mass is 16.5. The summed E-state index contributed by atoms with van der Waals surface area (Å²) in [5, 5.41) is 0. The molecule has 0 radical (unpaired) electrons. The molecule has 2 heteroatoms. The Kier molecular flexibility index (Phi) is 4.78. The number of rotatable bonds is 3. The fraction of sp³-hybridized carbons (Fsp3) is 0.286. The number of benzene rings is 1. The van der Waals surface area contributed by atoms with Gasteiger partial charge in [-0.3, -0.25) is 0 Å². The number of nitrogens with zero attached hydrogens (tertiary/aromatic N) is 1. The topological polar surface area (TPSA) is 22.1 Å². The number of hydrogen-bond donors (Lipinski definition) is 0. The molecule has 0 unspecified atom stereocenters. The zero-order chi connectivity index (χ0) is 16.1. The van der Waals surface area contributed by atoms with Crippen LogP contribution in [0.2, 0.25) is 0 Å². The van der Waals surface area contributed by atoms with Crippen molar-refractivity contribution in [1.29, 1.82) is 0 Å². The van der Waals surface area contributed by atoms with E-state index in [1.807, 2.05) is 6.07 Å². The summed E-state index contributed by atoms with van der Waals surface area (Å²) in [6.07, 6.45) is 14.1. The van der Waals surface area contributed by atoms with Crippen molar-refractivity contribution in [2.75, 3.05) is 7.11 Å². The van der Waals surface area contributed by atoms with E-state index in [-0.39, 0.29) is 0 Å². The van der Waals surface area contributed by atoms with E-state index < -0.39 is 0 Å². The normalized spacial score (nSPS) is 17.4. The molecule has 0 atom stereocenters. The van der Waals surface area contributed by atoms with Crippen LogP contribution in [0.1, 0.15) is 48.4 Å². The van der Waals surface area contributed by atoms with Gasteiger partial charge >= 0.3 is 0 Å². The second-order valence-corrected chi connectivity index (χ2v) is 5.91. The van der Waals surface area contributed by atoms with Gasteiger partial charge in [-0.05, 0) is 49.2 Å². The van der Waals surface area contributed by atoms with E-state index in [9.17, 15) is 0 Å². The zero-order valence-electron chi connectivity index (χ0n) is 13.5. The van der Waals surface area contributed by atoms with Crippen LogP contribution in [0.25, 0.3) is 6.08 Å². The molecule has 1 aliphatic carbocycles. The number of pyridine rings is 1. The van der Waals surface area contributed by atoms with Gasteiger partial charge in [-0.25, -0.2) is 4.98 Å². The van der Waals surface area contributed by atoms with Crippen molar-refractivity contribution in [3.63, 3.8) is 0 Å². The summed E-state index contributed by atoms with van der Waals surface area (Å²) >= 11 is 0. The number of aromatic nitrogens is 1. The third-order valence-corrected chi connectivity index (χ3v) is 4.53. The number of terminal acetylenes is 1. The van der Waals surface area contributed by atoms with Gasteiger partial charge in [-0.1, -0.05) is 42.0 Å². The van der Waals surface area contributed by atoms with Crippen LogP contribution in [-0.2, 0) is 0 Å². The van der Waals surface area contributed by atoms with Gasteiger partial charge in [0.25, 0.3) is 0 Å². The third-order valence-electron chi connectivity index (χ3n) is 4.53. The van der Waals surface area contributed by atoms with Crippen molar-refractivity contribution in [2.24, 2.45) is 0 Å². The van der Waals surface area contributed by atoms with Crippen molar-refractivity contribution >= 4 is 6.08 Å². The number of allylic oxidation sites excluding steroid dienone is 1. The summed E-state index contributed by atoms with van der Waals surface area (Å²) < 4.78 is 5.45. The quantitative estimate of drug-likeness (QED) is 0.759. The maximum absolute atomic E-state index is 5.50. The van der Waals surface area contributed by atoms with Crippen LogP contribution in [0.15, 0.2) is 48.2 Å². The molecule has 2 nitrogen and oxygen atoms in total. The molecule has 1 aliphatic rings. The lowest BCUT2D eigenvalue weighted by Gasteiger charge is -2.24. The second-order valence-electron chi connectivity index (χ2n) is 5.91. The second kappa shape index (κ2) is 7.15. The van der Waals surface area contributed by atoms with E-state index >= 15 is 0 Å². The Morgan fingerprint density at radius 2 is 1.91 bits per heavy atom. The van der Waals surface area contributed by atoms with Crippen LogP contribution < -0.4 is 4.74 Å². The van der Waals surface area contributed by atoms with Crippen LogP contribution in [0.5, 0.6) is 5.75 Å². The Bertz CT molecular complexity index is 730. The lowest BCUT2D eigenvalue weighted by atomic mass is 9.81. The highest BCUT2D eigenvalue weighted by molar-refractivity contribution is 5.63. The average molecular weight is 303 g/mol. The summed E-state index contributed by atoms with van der Waals surface area (Å²) in [6.45, 7) is 0. The first-order valence-corrected chi connectivity index (χ1v) is 8.06. The van der Waals surface area contributed by atoms with Crippen molar-refractivity contribution in [3.05, 3.63) is 65.0 Å². The van der Waals surface area contributed by atoms with E-state index in [2.05, 4.69) is 47.3 Å². The van der Waals surface area contributed by atoms with E-state index in [0.717, 1.165) is 18.4 Å². The van der Waals surface area contributed by atoms with E-state index in [4.69, 9.17) is 11.2 Å². The predicted octanol–water partition coefficient (Wildman–Crippen LogP) is 4.81. The highest BCUT2D eigenvalue weighted by Crippen LogP contribution is 2.37. The molecule has 1 fully saturated rings. The third kappa shape index (κ3) is 3.46. The Morgan fingerprint density at radius 1 is 1.17 bits per heavy atom. The van der Waals surface area contributed by atoms with Crippen molar-refractivity contribution < 1.29 is 4.74 Å². The lowest BCUT2D eigenvalue weighted by molar-refractivity contribution is 0.410. The van der Waals surface area contributed by atoms with Gasteiger partial charge in [0.2, 0.25) is 0 Å². The van der Waals surface area contributed by atoms with Crippen LogP contribution in [0, 0.1) is 12.3 Å². The van der Waals surface area contributed by atoms with Crippen LogP contribution >= 0.6 is 0 Å². The minimum atomic E-state index is 0.569. The Balaban J connectivity index is 1.75. The Morgan fingerprint density at radius 3 is 2.57 bits per heavy atom. The van der Waals surface area contributed by atoms with E-state index in [1.54, 1.807) is 13.3 Å². The molecule has 0 saturated heterocycles. The van der Waals surface area contributed by atoms with Crippen molar-refractivity contribution in [1.82, 2.24) is 4.98 Å². The molecule has 116 valence electrons. The fourth-order valence-electron chi connectivity index (χ4n) is 3.31. The smallest absolute Gasteiger partial charge is 0.160 e. The van der Waals surface area contributed by atoms with Gasteiger partial charge in [-0.2, -0.15) is 0 Å². The molecule has 3 rings (SSSR count). The molecule has 0 aliphatic heterocycles. The van der Waals surface area contributed by atoms with Crippen LogP contribution in [-0.4, -0.2) is 12.1 Å². The molecule has 0 N–H and O–H groups in total. The van der Waals surface area contributed by atoms with Gasteiger partial charge in [0, 0.05) is 11.8 Å². The first-order valence-electron chi connectivity index (χ1n) is 8.06. The molecular formula is C21H21NO. The van der Waals surface area contributed by atoms with Gasteiger partial charge in [0.1, 0.15) is 0 Å². The maximum atomic E-state index is 5.50. The Labute approximate surface area is 138 Å². The van der Waals surface area contributed by atoms with Crippen molar-refractivity contribution in [3.8, 4) is 18.1 Å². The van der Waals surface area contributed by atoms with Gasteiger partial charge in [-0.15, -0.1) is 6.42 Å². The molecule has 0 spiro atoms. The molecule has 2 aromatic rings. The average Bonchev–Trinajstić information content (AvgIpc) is 2.63. The van der Waals surface area contributed by atoms with E-state index in [1.165, 1.54) is 24.0 Å². The molecule has 1 aromatic heterocycles. The van der Waals surface area contributed by atoms with Crippen LogP contribution in [0.4, 0.5) is 0 Å². The fourth-order valence-corrected chi connectivity index (χ4v) is 3.31. The first-order chi connectivity index (χ1) is 11.3. The van der Waals surface area contributed by atoms with Gasteiger partial charge in [0.15, 0.2) is 11.4 Å². The van der Waals surface area contributed by atoms with Gasteiger partial charge in [0.05, 0.1) is 7.11 Å². The summed E-state index contributed by atoms with van der Waals surface area (Å²) in [7, 11) is 1.65. The summed E-state index contributed by atoms with van der Waals surface area (Å²) in [5.41, 5.74) is 4.52. The van der Waals surface area contributed by atoms with E-state index in [0.29, 0.717) is 17.4 Å².